The van der Waals surface area contributed by atoms with Gasteiger partial charge in [0, 0.05) is 29.2 Å². The van der Waals surface area contributed by atoms with Crippen LogP contribution in [0.3, 0.4) is 0 Å². The van der Waals surface area contributed by atoms with Gasteiger partial charge in [0.2, 0.25) is 0 Å². The van der Waals surface area contributed by atoms with Gasteiger partial charge in [0.25, 0.3) is 0 Å². The summed E-state index contributed by atoms with van der Waals surface area (Å²) in [5.74, 6) is 1.30. The maximum absolute atomic E-state index is 9.01. The minimum absolute atomic E-state index is 0.497. The Hall–Kier alpha value is -2.28. The summed E-state index contributed by atoms with van der Waals surface area (Å²) >= 11 is 0. The van der Waals surface area contributed by atoms with Gasteiger partial charge in [-0.3, -0.25) is 4.98 Å². The van der Waals surface area contributed by atoms with Gasteiger partial charge in [-0.05, 0) is 6.07 Å². The number of fused-ring (bicyclic) bond motifs is 1. The van der Waals surface area contributed by atoms with E-state index in [9.17, 15) is 0 Å². The van der Waals surface area contributed by atoms with Gasteiger partial charge >= 0.3 is 0 Å². The largest absolute Gasteiger partial charge is 0.497 e. The lowest BCUT2D eigenvalue weighted by molar-refractivity contribution is 0.398. The van der Waals surface area contributed by atoms with Gasteiger partial charge < -0.3 is 9.47 Å². The molecule has 0 spiro atoms. The van der Waals surface area contributed by atoms with Crippen LogP contribution in [0.1, 0.15) is 5.56 Å². The fourth-order valence-electron chi connectivity index (χ4n) is 1.62. The number of hydrogen-bond acceptors (Lipinski definition) is 4. The number of pyridine rings is 1. The molecule has 4 nitrogen and oxygen atoms in total. The number of methoxy groups -OCH3 is 2. The summed E-state index contributed by atoms with van der Waals surface area (Å²) in [6, 6.07) is 5.68. The van der Waals surface area contributed by atoms with Gasteiger partial charge in [-0.1, -0.05) is 0 Å². The molecule has 0 bridgehead atoms. The number of benzene rings is 1. The van der Waals surface area contributed by atoms with Crippen LogP contribution in [0, 0.1) is 11.3 Å². The predicted octanol–water partition coefficient (Wildman–Crippen LogP) is 2.12. The van der Waals surface area contributed by atoms with Crippen LogP contribution in [0.5, 0.6) is 11.5 Å². The lowest BCUT2D eigenvalue weighted by Crippen LogP contribution is -1.91. The highest BCUT2D eigenvalue weighted by molar-refractivity contribution is 5.93. The van der Waals surface area contributed by atoms with Crippen LogP contribution in [0.25, 0.3) is 10.8 Å². The third-order valence-corrected chi connectivity index (χ3v) is 2.37. The van der Waals surface area contributed by atoms with E-state index in [4.69, 9.17) is 14.7 Å². The molecule has 0 fully saturated rings. The van der Waals surface area contributed by atoms with E-state index in [0.29, 0.717) is 17.1 Å². The molecular formula is C12H10N2O2. The van der Waals surface area contributed by atoms with Crippen molar-refractivity contribution in [1.82, 2.24) is 4.98 Å². The fraction of sp³-hybridized carbons (Fsp3) is 0.167. The van der Waals surface area contributed by atoms with Crippen molar-refractivity contribution in [1.29, 1.82) is 5.26 Å². The molecule has 1 aromatic heterocycles. The van der Waals surface area contributed by atoms with Crippen molar-refractivity contribution in [2.45, 2.75) is 0 Å². The molecule has 0 atom stereocenters. The van der Waals surface area contributed by atoms with Gasteiger partial charge in [-0.25, -0.2) is 0 Å². The van der Waals surface area contributed by atoms with Gasteiger partial charge in [-0.15, -0.1) is 0 Å². The van der Waals surface area contributed by atoms with Crippen molar-refractivity contribution < 1.29 is 9.47 Å². The smallest absolute Gasteiger partial charge is 0.131 e. The Labute approximate surface area is 93.0 Å². The first-order chi connectivity index (χ1) is 7.80. The van der Waals surface area contributed by atoms with Crippen LogP contribution in [-0.4, -0.2) is 19.2 Å². The highest BCUT2D eigenvalue weighted by Gasteiger charge is 2.09. The summed E-state index contributed by atoms with van der Waals surface area (Å²) in [6.07, 6.45) is 3.21. The standard InChI is InChI=1S/C12H10N2O2/c1-15-10-3-8-6-14-7-9(5-13)12(8)11(4-10)16-2/h3-4,6-7H,1-2H3. The molecule has 0 aliphatic rings. The molecule has 80 valence electrons. The molecule has 0 radical (unpaired) electrons. The SMILES string of the molecule is COc1cc(OC)c2c(C#N)cncc2c1. The number of nitrogens with zero attached hydrogens (tertiary/aromatic N) is 2. The van der Waals surface area contributed by atoms with Crippen LogP contribution in [0.2, 0.25) is 0 Å². The topological polar surface area (TPSA) is 55.1 Å². The first kappa shape index (κ1) is 10.2. The molecule has 0 aliphatic carbocycles. The Balaban J connectivity index is 2.85. The van der Waals surface area contributed by atoms with Crippen molar-refractivity contribution in [2.24, 2.45) is 0 Å². The van der Waals surface area contributed by atoms with Crippen molar-refractivity contribution >= 4 is 10.8 Å². The second kappa shape index (κ2) is 4.07. The van der Waals surface area contributed by atoms with Gasteiger partial charge in [0.1, 0.15) is 17.6 Å². The van der Waals surface area contributed by atoms with Gasteiger partial charge in [0.15, 0.2) is 0 Å². The van der Waals surface area contributed by atoms with Gasteiger partial charge in [-0.2, -0.15) is 5.26 Å². The van der Waals surface area contributed by atoms with Crippen molar-refractivity contribution in [3.63, 3.8) is 0 Å². The molecule has 1 aromatic carbocycles. The number of rotatable bonds is 2. The molecule has 4 heteroatoms. The van der Waals surface area contributed by atoms with Crippen LogP contribution in [0.4, 0.5) is 0 Å². The Morgan fingerprint density at radius 1 is 1.19 bits per heavy atom. The molecule has 1 heterocycles. The zero-order valence-corrected chi connectivity index (χ0v) is 9.02. The van der Waals surface area contributed by atoms with Crippen LogP contribution in [0.15, 0.2) is 24.5 Å². The molecule has 0 amide bonds. The quantitative estimate of drug-likeness (QED) is 0.768. The average molecular weight is 214 g/mol. The molecule has 16 heavy (non-hydrogen) atoms. The summed E-state index contributed by atoms with van der Waals surface area (Å²) in [7, 11) is 3.15. The summed E-state index contributed by atoms with van der Waals surface area (Å²) in [6.45, 7) is 0. The Bertz CT molecular complexity index is 573. The van der Waals surface area contributed by atoms with Crippen molar-refractivity contribution in [2.75, 3.05) is 14.2 Å². The normalized spacial score (nSPS) is 9.81. The van der Waals surface area contributed by atoms with E-state index in [-0.39, 0.29) is 0 Å². The molecule has 2 rings (SSSR count). The Morgan fingerprint density at radius 3 is 2.62 bits per heavy atom. The highest BCUT2D eigenvalue weighted by atomic mass is 16.5. The first-order valence-corrected chi connectivity index (χ1v) is 4.70. The van der Waals surface area contributed by atoms with E-state index in [2.05, 4.69) is 11.1 Å². The zero-order chi connectivity index (χ0) is 11.5. The van der Waals surface area contributed by atoms with Gasteiger partial charge in [0.05, 0.1) is 19.8 Å². The zero-order valence-electron chi connectivity index (χ0n) is 9.02. The summed E-state index contributed by atoms with van der Waals surface area (Å²) < 4.78 is 10.4. The third kappa shape index (κ3) is 1.52. The van der Waals surface area contributed by atoms with E-state index < -0.39 is 0 Å². The average Bonchev–Trinajstić information content (AvgIpc) is 2.36. The summed E-state index contributed by atoms with van der Waals surface area (Å²) in [5.41, 5.74) is 0.497. The molecule has 2 aromatic rings. The third-order valence-electron chi connectivity index (χ3n) is 2.37. The van der Waals surface area contributed by atoms with E-state index in [0.717, 1.165) is 10.8 Å². The molecule has 0 unspecified atom stereocenters. The number of nitriles is 1. The molecule has 0 N–H and O–H groups in total. The van der Waals surface area contributed by atoms with Crippen LogP contribution >= 0.6 is 0 Å². The second-order valence-corrected chi connectivity index (χ2v) is 3.23. The minimum Gasteiger partial charge on any atom is -0.497 e. The predicted molar refractivity (Wildman–Crippen MR) is 59.6 cm³/mol. The highest BCUT2D eigenvalue weighted by Crippen LogP contribution is 2.32. The van der Waals surface area contributed by atoms with Crippen LogP contribution in [-0.2, 0) is 0 Å². The maximum atomic E-state index is 9.01. The van der Waals surface area contributed by atoms with Crippen LogP contribution < -0.4 is 9.47 Å². The van der Waals surface area contributed by atoms with Crippen molar-refractivity contribution in [3.8, 4) is 17.6 Å². The minimum atomic E-state index is 0.497. The molecule has 0 saturated carbocycles. The first-order valence-electron chi connectivity index (χ1n) is 4.70. The Kier molecular flexibility index (Phi) is 2.61. The number of hydrogen-bond donors (Lipinski definition) is 0. The Morgan fingerprint density at radius 2 is 2.00 bits per heavy atom. The van der Waals surface area contributed by atoms with Crippen molar-refractivity contribution in [3.05, 3.63) is 30.1 Å². The lowest BCUT2D eigenvalue weighted by atomic mass is 10.1. The maximum Gasteiger partial charge on any atom is 0.131 e. The fourth-order valence-corrected chi connectivity index (χ4v) is 1.62. The number of ether oxygens (including phenoxy) is 2. The second-order valence-electron chi connectivity index (χ2n) is 3.23. The van der Waals surface area contributed by atoms with E-state index in [1.807, 2.05) is 6.07 Å². The molecule has 0 aliphatic heterocycles. The molecular weight excluding hydrogens is 204 g/mol. The van der Waals surface area contributed by atoms with E-state index in [1.165, 1.54) is 6.20 Å². The van der Waals surface area contributed by atoms with E-state index in [1.54, 1.807) is 26.5 Å². The lowest BCUT2D eigenvalue weighted by Gasteiger charge is -2.09. The summed E-state index contributed by atoms with van der Waals surface area (Å²) in [4.78, 5) is 4.00. The monoisotopic (exact) mass is 214 g/mol. The summed E-state index contributed by atoms with van der Waals surface area (Å²) in [5, 5.41) is 10.6. The number of aromatic nitrogens is 1. The van der Waals surface area contributed by atoms with E-state index >= 15 is 0 Å². The molecule has 0 saturated heterocycles.